The number of esters is 3. The molecule has 2 aliphatic rings. The van der Waals surface area contributed by atoms with Crippen molar-refractivity contribution < 1.29 is 42.8 Å². The quantitative estimate of drug-likeness (QED) is 0.117. The number of ether oxygens (including phenoxy) is 6. The van der Waals surface area contributed by atoms with Crippen molar-refractivity contribution in [1.29, 1.82) is 0 Å². The van der Waals surface area contributed by atoms with Crippen LogP contribution in [0.4, 0.5) is 0 Å². The molecule has 2 aromatic carbocycles. The maximum atomic E-state index is 13.2. The first kappa shape index (κ1) is 32.9. The van der Waals surface area contributed by atoms with E-state index < -0.39 is 66.7 Å². The molecule has 0 aliphatic carbocycles. The van der Waals surface area contributed by atoms with Crippen LogP contribution in [-0.4, -0.2) is 74.0 Å². The van der Waals surface area contributed by atoms with Gasteiger partial charge in [-0.15, -0.1) is 0 Å². The molecule has 10 atom stereocenters. The third-order valence-corrected chi connectivity index (χ3v) is 8.37. The lowest BCUT2D eigenvalue weighted by Gasteiger charge is -2.48. The molecular weight excluding hydrogens is 570 g/mol. The minimum atomic E-state index is -1.11. The van der Waals surface area contributed by atoms with Gasteiger partial charge in [0.2, 0.25) is 0 Å². The van der Waals surface area contributed by atoms with Gasteiger partial charge in [-0.1, -0.05) is 62.3 Å². The van der Waals surface area contributed by atoms with Gasteiger partial charge in [0, 0.05) is 17.8 Å². The highest BCUT2D eigenvalue weighted by molar-refractivity contribution is 5.89. The second kappa shape index (κ2) is 15.2. The molecule has 2 heterocycles. The average Bonchev–Trinajstić information content (AvgIpc) is 3.02. The summed E-state index contributed by atoms with van der Waals surface area (Å²) >= 11 is 0. The van der Waals surface area contributed by atoms with Crippen LogP contribution in [0.3, 0.4) is 0 Å². The smallest absolute Gasteiger partial charge is 0.338 e. The molecule has 4 unspecified atom stereocenters. The second-order valence-electron chi connectivity index (χ2n) is 11.3. The average molecular weight is 610 g/mol. The van der Waals surface area contributed by atoms with Gasteiger partial charge in [0.1, 0.15) is 19.3 Å². The van der Waals surface area contributed by atoms with E-state index in [4.69, 9.17) is 28.4 Å². The first-order chi connectivity index (χ1) is 21.1. The molecular formula is C32H39N3O9. The Kier molecular flexibility index (Phi) is 11.4. The molecule has 12 heteroatoms. The molecule has 2 fully saturated rings. The van der Waals surface area contributed by atoms with Crippen LogP contribution >= 0.6 is 0 Å². The van der Waals surface area contributed by atoms with Gasteiger partial charge in [0.25, 0.3) is 0 Å². The van der Waals surface area contributed by atoms with E-state index in [2.05, 4.69) is 10.0 Å². The molecule has 2 saturated heterocycles. The van der Waals surface area contributed by atoms with Crippen molar-refractivity contribution in [2.24, 2.45) is 22.9 Å². The fourth-order valence-electron chi connectivity index (χ4n) is 5.66. The van der Waals surface area contributed by atoms with Crippen LogP contribution in [-0.2, 0) is 33.2 Å². The third-order valence-electron chi connectivity index (χ3n) is 8.37. The van der Waals surface area contributed by atoms with Gasteiger partial charge in [0.05, 0.1) is 35.5 Å². The Morgan fingerprint density at radius 2 is 1.36 bits per heavy atom. The highest BCUT2D eigenvalue weighted by atomic mass is 16.7. The molecule has 12 nitrogen and oxygen atoms in total. The molecule has 0 saturated carbocycles. The Balaban J connectivity index is 1.61. The van der Waals surface area contributed by atoms with E-state index in [0.717, 1.165) is 0 Å². The van der Waals surface area contributed by atoms with Crippen LogP contribution in [0.25, 0.3) is 10.4 Å². The van der Waals surface area contributed by atoms with E-state index >= 15 is 0 Å². The predicted molar refractivity (Wildman–Crippen MR) is 157 cm³/mol. The van der Waals surface area contributed by atoms with Crippen molar-refractivity contribution in [3.63, 3.8) is 0 Å². The maximum absolute atomic E-state index is 13.2. The molecule has 0 radical (unpaired) electrons. The van der Waals surface area contributed by atoms with Gasteiger partial charge < -0.3 is 28.4 Å². The minimum absolute atomic E-state index is 0.0206. The first-order valence-corrected chi connectivity index (χ1v) is 14.7. The van der Waals surface area contributed by atoms with Crippen LogP contribution in [0, 0.1) is 17.8 Å². The van der Waals surface area contributed by atoms with Gasteiger partial charge in [-0.25, -0.2) is 9.59 Å². The van der Waals surface area contributed by atoms with Crippen LogP contribution in [0.5, 0.6) is 0 Å². The van der Waals surface area contributed by atoms with Crippen molar-refractivity contribution in [2.75, 3.05) is 13.2 Å². The highest BCUT2D eigenvalue weighted by Crippen LogP contribution is 2.38. The highest BCUT2D eigenvalue weighted by Gasteiger charge is 2.50. The summed E-state index contributed by atoms with van der Waals surface area (Å²) in [5.41, 5.74) is 10.00. The molecule has 0 spiro atoms. The van der Waals surface area contributed by atoms with Gasteiger partial charge in [-0.3, -0.25) is 4.79 Å². The number of azide groups is 1. The van der Waals surface area contributed by atoms with E-state index in [9.17, 15) is 19.9 Å². The zero-order valence-electron chi connectivity index (χ0n) is 25.5. The van der Waals surface area contributed by atoms with E-state index in [-0.39, 0.29) is 25.0 Å². The van der Waals surface area contributed by atoms with Crippen LogP contribution in [0.2, 0.25) is 0 Å². The standard InChI is InChI=1S/C32H39N3O9/c1-18-19(2)29(43-31(38)24-14-10-7-11-15-24)32(42-25(18)16-39-22(5)36)44-28-20(3)27(34-35-33)21(4)41-26(28)17-40-30(37)23-12-8-6-9-13-23/h6-15,18-21,25-29,32H,16-17H2,1-5H3/t18-,19?,20?,21+,25?,26?,27-,28-,29-,32-/m0/s1. The number of rotatable bonds is 10. The van der Waals surface area contributed by atoms with E-state index in [1.165, 1.54) is 6.92 Å². The zero-order chi connectivity index (χ0) is 31.8. The van der Waals surface area contributed by atoms with Crippen LogP contribution in [0.1, 0.15) is 55.3 Å². The number of hydrogen-bond acceptors (Lipinski definition) is 10. The fraction of sp³-hybridized carbons (Fsp3) is 0.531. The zero-order valence-corrected chi connectivity index (χ0v) is 25.5. The molecule has 0 amide bonds. The fourth-order valence-corrected chi connectivity index (χ4v) is 5.66. The largest absolute Gasteiger partial charge is 0.463 e. The lowest BCUT2D eigenvalue weighted by Crippen LogP contribution is -2.59. The van der Waals surface area contributed by atoms with Gasteiger partial charge in [-0.2, -0.15) is 0 Å². The topological polar surface area (TPSA) is 155 Å². The monoisotopic (exact) mass is 609 g/mol. The van der Waals surface area contributed by atoms with Gasteiger partial charge in [-0.05, 0) is 48.6 Å². The number of carbonyl (C=O) groups is 3. The van der Waals surface area contributed by atoms with Crippen molar-refractivity contribution in [1.82, 2.24) is 0 Å². The molecule has 2 aromatic rings. The summed E-state index contributed by atoms with van der Waals surface area (Å²) in [6, 6.07) is 16.5. The first-order valence-electron chi connectivity index (χ1n) is 14.7. The van der Waals surface area contributed by atoms with E-state index in [0.29, 0.717) is 11.1 Å². The van der Waals surface area contributed by atoms with Crippen LogP contribution < -0.4 is 0 Å². The number of hydrogen-bond donors (Lipinski definition) is 0. The van der Waals surface area contributed by atoms with Crippen molar-refractivity contribution in [3.05, 3.63) is 82.2 Å². The Morgan fingerprint density at radius 3 is 1.95 bits per heavy atom. The summed E-state index contributed by atoms with van der Waals surface area (Å²) in [4.78, 5) is 40.5. The Labute approximate surface area is 256 Å². The Bertz CT molecular complexity index is 1320. The minimum Gasteiger partial charge on any atom is -0.463 e. The molecule has 44 heavy (non-hydrogen) atoms. The number of carbonyl (C=O) groups excluding carboxylic acids is 3. The van der Waals surface area contributed by atoms with Crippen molar-refractivity contribution in [3.8, 4) is 0 Å². The maximum Gasteiger partial charge on any atom is 0.338 e. The van der Waals surface area contributed by atoms with Crippen molar-refractivity contribution >= 4 is 17.9 Å². The summed E-state index contributed by atoms with van der Waals surface area (Å²) in [6.07, 6.45) is -4.61. The summed E-state index contributed by atoms with van der Waals surface area (Å²) in [6.45, 7) is 8.61. The van der Waals surface area contributed by atoms with Crippen LogP contribution in [0.15, 0.2) is 65.8 Å². The molecule has 0 N–H and O–H groups in total. The SMILES string of the molecule is CC(=O)OCC1O[C@@H](O[C@@H]2C(COC(=O)c3ccccc3)O[C@H](C)[C@@H](N=[N+]=[N-])C2C)[C@@H](OC(=O)c2ccccc2)C(C)[C@@H]1C. The molecule has 236 valence electrons. The summed E-state index contributed by atoms with van der Waals surface area (Å²) in [7, 11) is 0. The van der Waals surface area contributed by atoms with E-state index in [1.54, 1.807) is 67.6 Å². The third kappa shape index (κ3) is 7.95. The molecule has 4 rings (SSSR count). The number of nitrogens with zero attached hydrogens (tertiary/aromatic N) is 3. The molecule has 2 aliphatic heterocycles. The molecule has 0 aromatic heterocycles. The summed E-state index contributed by atoms with van der Waals surface area (Å²) in [5.74, 6) is -2.40. The molecule has 0 bridgehead atoms. The second-order valence-corrected chi connectivity index (χ2v) is 11.3. The predicted octanol–water partition coefficient (Wildman–Crippen LogP) is 5.12. The van der Waals surface area contributed by atoms with Gasteiger partial charge in [0.15, 0.2) is 12.4 Å². The Hall–Kier alpha value is -3.96. The summed E-state index contributed by atoms with van der Waals surface area (Å²) < 4.78 is 36.0. The van der Waals surface area contributed by atoms with Crippen molar-refractivity contribution in [2.45, 2.75) is 77.5 Å². The lowest BCUT2D eigenvalue weighted by molar-refractivity contribution is -0.313. The van der Waals surface area contributed by atoms with E-state index in [1.807, 2.05) is 20.8 Å². The summed E-state index contributed by atoms with van der Waals surface area (Å²) in [5, 5.41) is 3.95. The normalized spacial score (nSPS) is 31.7. The number of benzene rings is 2. The lowest BCUT2D eigenvalue weighted by atomic mass is 9.83. The van der Waals surface area contributed by atoms with Gasteiger partial charge >= 0.3 is 17.9 Å². The Morgan fingerprint density at radius 1 is 0.773 bits per heavy atom.